The van der Waals surface area contributed by atoms with Gasteiger partial charge in [0, 0.05) is 30.4 Å². The summed E-state index contributed by atoms with van der Waals surface area (Å²) in [4.78, 5) is 8.55. The normalized spacial score (nSPS) is 10.6. The van der Waals surface area contributed by atoms with E-state index in [4.69, 9.17) is 4.74 Å². The van der Waals surface area contributed by atoms with Gasteiger partial charge in [-0.25, -0.2) is 4.98 Å². The monoisotopic (exact) mass is 279 g/mol. The summed E-state index contributed by atoms with van der Waals surface area (Å²) in [6, 6.07) is 8.01. The van der Waals surface area contributed by atoms with Gasteiger partial charge in [0.05, 0.1) is 12.8 Å². The average Bonchev–Trinajstić information content (AvgIpc) is 2.96. The second kappa shape index (κ2) is 5.40. The van der Waals surface area contributed by atoms with Crippen molar-refractivity contribution in [2.24, 2.45) is 0 Å². The Hall–Kier alpha value is -2.62. The molecule has 2 heterocycles. The molecule has 0 radical (unpaired) electrons. The first-order valence-corrected chi connectivity index (χ1v) is 6.80. The van der Waals surface area contributed by atoms with Crippen molar-refractivity contribution in [3.8, 4) is 22.8 Å². The standard InChI is InChI=1S/C17H17N3O/c1-12-10-15(21-3)11-13(2)16(12)20-9-8-19-17(20)14-4-6-18-7-5-14/h4-11H,1-3H3. The molecule has 3 rings (SSSR count). The Balaban J connectivity index is 2.17. The fourth-order valence-corrected chi connectivity index (χ4v) is 2.61. The number of aryl methyl sites for hydroxylation is 2. The molecule has 2 aromatic heterocycles. The quantitative estimate of drug-likeness (QED) is 0.736. The Morgan fingerprint density at radius 2 is 1.67 bits per heavy atom. The van der Waals surface area contributed by atoms with Crippen LogP contribution in [0.5, 0.6) is 5.75 Å². The first-order chi connectivity index (χ1) is 10.2. The topological polar surface area (TPSA) is 39.9 Å². The van der Waals surface area contributed by atoms with Crippen molar-refractivity contribution in [1.82, 2.24) is 14.5 Å². The minimum absolute atomic E-state index is 0.874. The summed E-state index contributed by atoms with van der Waals surface area (Å²) >= 11 is 0. The van der Waals surface area contributed by atoms with Crippen LogP contribution in [0.25, 0.3) is 17.1 Å². The number of benzene rings is 1. The molecule has 0 spiro atoms. The predicted molar refractivity (Wildman–Crippen MR) is 82.8 cm³/mol. The number of hydrogen-bond donors (Lipinski definition) is 0. The zero-order valence-electron chi connectivity index (χ0n) is 12.4. The number of hydrogen-bond acceptors (Lipinski definition) is 3. The van der Waals surface area contributed by atoms with Gasteiger partial charge in [0.1, 0.15) is 11.6 Å². The zero-order chi connectivity index (χ0) is 14.8. The minimum Gasteiger partial charge on any atom is -0.497 e. The van der Waals surface area contributed by atoms with E-state index in [1.165, 1.54) is 0 Å². The summed E-state index contributed by atoms with van der Waals surface area (Å²) in [6.07, 6.45) is 7.36. The molecule has 0 unspecified atom stereocenters. The molecule has 0 saturated carbocycles. The van der Waals surface area contributed by atoms with E-state index in [0.29, 0.717) is 0 Å². The molecule has 4 nitrogen and oxygen atoms in total. The van der Waals surface area contributed by atoms with Crippen molar-refractivity contribution in [1.29, 1.82) is 0 Å². The van der Waals surface area contributed by atoms with Gasteiger partial charge in [-0.3, -0.25) is 9.55 Å². The Bertz CT molecular complexity index is 740. The van der Waals surface area contributed by atoms with Crippen LogP contribution in [0, 0.1) is 13.8 Å². The van der Waals surface area contributed by atoms with Crippen molar-refractivity contribution in [2.45, 2.75) is 13.8 Å². The molecule has 106 valence electrons. The van der Waals surface area contributed by atoms with E-state index in [1.807, 2.05) is 36.7 Å². The van der Waals surface area contributed by atoms with Crippen molar-refractivity contribution < 1.29 is 4.74 Å². The highest BCUT2D eigenvalue weighted by atomic mass is 16.5. The first kappa shape index (κ1) is 13.4. The van der Waals surface area contributed by atoms with E-state index in [1.54, 1.807) is 19.5 Å². The van der Waals surface area contributed by atoms with Crippen molar-refractivity contribution in [3.63, 3.8) is 0 Å². The molecule has 0 aliphatic heterocycles. The number of aromatic nitrogens is 3. The van der Waals surface area contributed by atoms with Gasteiger partial charge in [-0.2, -0.15) is 0 Å². The maximum atomic E-state index is 5.33. The molecule has 0 amide bonds. The van der Waals surface area contributed by atoms with Crippen LogP contribution in [0.3, 0.4) is 0 Å². The van der Waals surface area contributed by atoms with Crippen LogP contribution in [0.1, 0.15) is 11.1 Å². The summed E-state index contributed by atoms with van der Waals surface area (Å²) < 4.78 is 7.44. The second-order valence-corrected chi connectivity index (χ2v) is 4.97. The van der Waals surface area contributed by atoms with E-state index in [2.05, 4.69) is 28.4 Å². The first-order valence-electron chi connectivity index (χ1n) is 6.80. The van der Waals surface area contributed by atoms with Gasteiger partial charge in [-0.1, -0.05) is 0 Å². The Kier molecular flexibility index (Phi) is 3.44. The lowest BCUT2D eigenvalue weighted by molar-refractivity contribution is 0.414. The summed E-state index contributed by atoms with van der Waals surface area (Å²) in [5.74, 6) is 1.79. The molecule has 21 heavy (non-hydrogen) atoms. The molecule has 3 aromatic rings. The fraction of sp³-hybridized carbons (Fsp3) is 0.176. The van der Waals surface area contributed by atoms with E-state index in [9.17, 15) is 0 Å². The lowest BCUT2D eigenvalue weighted by Crippen LogP contribution is -2.02. The third-order valence-corrected chi connectivity index (χ3v) is 3.52. The van der Waals surface area contributed by atoms with E-state index < -0.39 is 0 Å². The van der Waals surface area contributed by atoms with Gasteiger partial charge >= 0.3 is 0 Å². The van der Waals surface area contributed by atoms with E-state index in [-0.39, 0.29) is 0 Å². The largest absolute Gasteiger partial charge is 0.497 e. The summed E-state index contributed by atoms with van der Waals surface area (Å²) in [6.45, 7) is 4.17. The summed E-state index contributed by atoms with van der Waals surface area (Å²) in [5, 5.41) is 0. The van der Waals surface area contributed by atoms with Gasteiger partial charge in [0.25, 0.3) is 0 Å². The van der Waals surface area contributed by atoms with Crippen molar-refractivity contribution in [3.05, 3.63) is 60.2 Å². The predicted octanol–water partition coefficient (Wildman–Crippen LogP) is 3.56. The molecule has 1 aromatic carbocycles. The molecular weight excluding hydrogens is 262 g/mol. The van der Waals surface area contributed by atoms with Gasteiger partial charge in [-0.05, 0) is 49.2 Å². The Morgan fingerprint density at radius 1 is 1.00 bits per heavy atom. The number of ether oxygens (including phenoxy) is 1. The molecular formula is C17H17N3O. The highest BCUT2D eigenvalue weighted by molar-refractivity contribution is 5.61. The smallest absolute Gasteiger partial charge is 0.144 e. The lowest BCUT2D eigenvalue weighted by Gasteiger charge is -2.15. The van der Waals surface area contributed by atoms with Crippen LogP contribution in [0.4, 0.5) is 0 Å². The van der Waals surface area contributed by atoms with Crippen molar-refractivity contribution in [2.75, 3.05) is 7.11 Å². The highest BCUT2D eigenvalue weighted by Crippen LogP contribution is 2.28. The van der Waals surface area contributed by atoms with Crippen LogP contribution in [-0.4, -0.2) is 21.6 Å². The fourth-order valence-electron chi connectivity index (χ4n) is 2.61. The van der Waals surface area contributed by atoms with E-state index in [0.717, 1.165) is 34.0 Å². The average molecular weight is 279 g/mol. The SMILES string of the molecule is COc1cc(C)c(-n2ccnc2-c2ccncc2)c(C)c1. The third kappa shape index (κ3) is 2.40. The highest BCUT2D eigenvalue weighted by Gasteiger charge is 2.12. The van der Waals surface area contributed by atoms with Crippen LogP contribution < -0.4 is 4.74 Å². The molecule has 4 heteroatoms. The molecule has 0 atom stereocenters. The van der Waals surface area contributed by atoms with Gasteiger partial charge in [-0.15, -0.1) is 0 Å². The van der Waals surface area contributed by atoms with Crippen LogP contribution in [0.15, 0.2) is 49.1 Å². The van der Waals surface area contributed by atoms with Crippen LogP contribution >= 0.6 is 0 Å². The third-order valence-electron chi connectivity index (χ3n) is 3.52. The second-order valence-electron chi connectivity index (χ2n) is 4.97. The number of pyridine rings is 1. The molecule has 0 saturated heterocycles. The summed E-state index contributed by atoms with van der Waals surface area (Å²) in [5.41, 5.74) is 4.49. The molecule has 0 aliphatic carbocycles. The number of rotatable bonds is 3. The maximum Gasteiger partial charge on any atom is 0.144 e. The summed E-state index contributed by atoms with van der Waals surface area (Å²) in [7, 11) is 1.69. The maximum absolute atomic E-state index is 5.33. The molecule has 0 aliphatic rings. The number of imidazole rings is 1. The van der Waals surface area contributed by atoms with Gasteiger partial charge in [0.2, 0.25) is 0 Å². The lowest BCUT2D eigenvalue weighted by atomic mass is 10.1. The molecule has 0 bridgehead atoms. The van der Waals surface area contributed by atoms with Crippen molar-refractivity contribution >= 4 is 0 Å². The number of nitrogens with zero attached hydrogens (tertiary/aromatic N) is 3. The van der Waals surface area contributed by atoms with Gasteiger partial charge in [0.15, 0.2) is 0 Å². The van der Waals surface area contributed by atoms with Crippen LogP contribution in [-0.2, 0) is 0 Å². The Labute approximate surface area is 124 Å². The van der Waals surface area contributed by atoms with Gasteiger partial charge < -0.3 is 4.74 Å². The number of methoxy groups -OCH3 is 1. The Morgan fingerprint density at radius 3 is 2.29 bits per heavy atom. The van der Waals surface area contributed by atoms with Crippen LogP contribution in [0.2, 0.25) is 0 Å². The molecule has 0 N–H and O–H groups in total. The minimum atomic E-state index is 0.874. The molecule has 0 fully saturated rings. The zero-order valence-corrected chi connectivity index (χ0v) is 12.4. The van der Waals surface area contributed by atoms with E-state index >= 15 is 0 Å².